The highest BCUT2D eigenvalue weighted by molar-refractivity contribution is 8.13. The molecule has 1 atom stereocenters. The SMILES string of the molecule is Cc1c(C(=O)Nc2ccc(F)c(C3(C)CCSC(N)=N3)c2)sc2ccc(Cl)cc12. The van der Waals surface area contributed by atoms with Crippen LogP contribution >= 0.6 is 34.7 Å². The summed E-state index contributed by atoms with van der Waals surface area (Å²) in [5.74, 6) is 0.178. The van der Waals surface area contributed by atoms with Crippen LogP contribution in [0.3, 0.4) is 0 Å². The van der Waals surface area contributed by atoms with Crippen molar-refractivity contribution >= 4 is 61.5 Å². The third-order valence-electron chi connectivity index (χ3n) is 5.10. The molecule has 29 heavy (non-hydrogen) atoms. The van der Waals surface area contributed by atoms with E-state index >= 15 is 0 Å². The molecular formula is C21H19ClFN3OS2. The van der Waals surface area contributed by atoms with Gasteiger partial charge in [0.05, 0.1) is 10.4 Å². The van der Waals surface area contributed by atoms with Crippen LogP contribution in [0.1, 0.15) is 34.1 Å². The fourth-order valence-corrected chi connectivity index (χ4v) is 5.73. The van der Waals surface area contributed by atoms with Crippen molar-refractivity contribution in [3.63, 3.8) is 0 Å². The Morgan fingerprint density at radius 1 is 1.31 bits per heavy atom. The van der Waals surface area contributed by atoms with E-state index in [0.29, 0.717) is 32.7 Å². The maximum absolute atomic E-state index is 14.6. The molecule has 0 saturated carbocycles. The number of fused-ring (bicyclic) bond motifs is 1. The van der Waals surface area contributed by atoms with Crippen molar-refractivity contribution in [3.05, 3.63) is 63.2 Å². The summed E-state index contributed by atoms with van der Waals surface area (Å²) in [4.78, 5) is 18.0. The first-order chi connectivity index (χ1) is 13.8. The molecule has 2 heterocycles. The van der Waals surface area contributed by atoms with E-state index in [0.717, 1.165) is 21.4 Å². The third-order valence-corrected chi connectivity index (χ3v) is 7.41. The molecular weight excluding hydrogens is 429 g/mol. The van der Waals surface area contributed by atoms with Crippen LogP contribution in [0.25, 0.3) is 10.1 Å². The molecule has 0 spiro atoms. The Morgan fingerprint density at radius 2 is 2.10 bits per heavy atom. The maximum atomic E-state index is 14.6. The van der Waals surface area contributed by atoms with Gasteiger partial charge in [-0.05, 0) is 67.6 Å². The van der Waals surface area contributed by atoms with Crippen LogP contribution in [0, 0.1) is 12.7 Å². The number of aryl methyl sites for hydroxylation is 1. The molecule has 0 aliphatic carbocycles. The number of carbonyl (C=O) groups excluding carboxylic acids is 1. The number of hydrogen-bond donors (Lipinski definition) is 2. The Morgan fingerprint density at radius 3 is 2.86 bits per heavy atom. The average Bonchev–Trinajstić information content (AvgIpc) is 2.99. The number of anilines is 1. The molecule has 0 fully saturated rings. The fraction of sp³-hybridized carbons (Fsp3) is 0.238. The van der Waals surface area contributed by atoms with Gasteiger partial charge in [-0.3, -0.25) is 9.79 Å². The lowest BCUT2D eigenvalue weighted by Gasteiger charge is -2.30. The summed E-state index contributed by atoms with van der Waals surface area (Å²) in [6, 6.07) is 10.2. The molecule has 150 valence electrons. The summed E-state index contributed by atoms with van der Waals surface area (Å²) in [5.41, 5.74) is 6.95. The summed E-state index contributed by atoms with van der Waals surface area (Å²) in [6.45, 7) is 3.77. The molecule has 8 heteroatoms. The van der Waals surface area contributed by atoms with E-state index in [1.165, 1.54) is 29.2 Å². The number of amides is 1. The van der Waals surface area contributed by atoms with Crippen LogP contribution in [0.4, 0.5) is 10.1 Å². The quantitative estimate of drug-likeness (QED) is 0.523. The number of aliphatic imine (C=N–C) groups is 1. The summed E-state index contributed by atoms with van der Waals surface area (Å²) in [5, 5.41) is 4.94. The van der Waals surface area contributed by atoms with Gasteiger partial charge >= 0.3 is 0 Å². The number of carbonyl (C=O) groups is 1. The van der Waals surface area contributed by atoms with Crippen molar-refractivity contribution in [2.75, 3.05) is 11.1 Å². The van der Waals surface area contributed by atoms with E-state index in [9.17, 15) is 9.18 Å². The zero-order valence-corrected chi connectivity index (χ0v) is 18.3. The maximum Gasteiger partial charge on any atom is 0.266 e. The number of thioether (sulfide) groups is 1. The standard InChI is InChI=1S/C21H19ClFN3OS2/c1-11-14-9-12(22)3-6-17(14)29-18(11)19(27)25-13-4-5-16(23)15(10-13)21(2)7-8-28-20(24)26-21/h3-6,9-10H,7-8H2,1-2H3,(H2,24,26)(H,25,27). The highest BCUT2D eigenvalue weighted by Gasteiger charge is 2.32. The Labute approximate surface area is 181 Å². The lowest BCUT2D eigenvalue weighted by Crippen LogP contribution is -2.29. The van der Waals surface area contributed by atoms with Crippen molar-refractivity contribution < 1.29 is 9.18 Å². The Balaban J connectivity index is 1.66. The number of rotatable bonds is 3. The van der Waals surface area contributed by atoms with Crippen LogP contribution in [-0.4, -0.2) is 16.8 Å². The molecule has 1 unspecified atom stereocenters. The molecule has 3 aromatic rings. The van der Waals surface area contributed by atoms with Gasteiger partial charge < -0.3 is 11.1 Å². The second-order valence-electron chi connectivity index (χ2n) is 7.17. The molecule has 0 radical (unpaired) electrons. The Hall–Kier alpha value is -2.09. The van der Waals surface area contributed by atoms with Gasteiger partial charge in [0.1, 0.15) is 5.82 Å². The second-order valence-corrected chi connectivity index (χ2v) is 9.77. The number of halogens is 2. The number of hydrogen-bond acceptors (Lipinski definition) is 5. The van der Waals surface area contributed by atoms with E-state index in [1.54, 1.807) is 12.1 Å². The van der Waals surface area contributed by atoms with Crippen molar-refractivity contribution in [3.8, 4) is 0 Å². The van der Waals surface area contributed by atoms with E-state index in [2.05, 4.69) is 10.3 Å². The van der Waals surface area contributed by atoms with Crippen molar-refractivity contribution in [1.29, 1.82) is 0 Å². The van der Waals surface area contributed by atoms with Crippen LogP contribution in [0.5, 0.6) is 0 Å². The zero-order chi connectivity index (χ0) is 20.8. The third kappa shape index (κ3) is 3.86. The molecule has 2 aromatic carbocycles. The molecule has 1 aliphatic rings. The normalized spacial score (nSPS) is 19.2. The minimum atomic E-state index is -0.746. The van der Waals surface area contributed by atoms with Crippen LogP contribution in [-0.2, 0) is 5.54 Å². The van der Waals surface area contributed by atoms with Gasteiger partial charge in [0.15, 0.2) is 5.17 Å². The summed E-state index contributed by atoms with van der Waals surface area (Å²) in [7, 11) is 0. The Kier molecular flexibility index (Phi) is 5.31. The molecule has 0 bridgehead atoms. The number of nitrogens with zero attached hydrogens (tertiary/aromatic N) is 1. The highest BCUT2D eigenvalue weighted by atomic mass is 35.5. The van der Waals surface area contributed by atoms with Gasteiger partial charge in [0.25, 0.3) is 5.91 Å². The Bertz CT molecular complexity index is 1160. The number of amidine groups is 1. The minimum absolute atomic E-state index is 0.232. The van der Waals surface area contributed by atoms with Gasteiger partial charge in [-0.25, -0.2) is 4.39 Å². The molecule has 1 aliphatic heterocycles. The van der Waals surface area contributed by atoms with E-state index < -0.39 is 5.54 Å². The van der Waals surface area contributed by atoms with Crippen molar-refractivity contribution in [2.45, 2.75) is 25.8 Å². The smallest absolute Gasteiger partial charge is 0.266 e. The van der Waals surface area contributed by atoms with Gasteiger partial charge in [0.2, 0.25) is 0 Å². The largest absolute Gasteiger partial charge is 0.379 e. The van der Waals surface area contributed by atoms with Crippen LogP contribution < -0.4 is 11.1 Å². The summed E-state index contributed by atoms with van der Waals surface area (Å²) < 4.78 is 15.6. The predicted octanol–water partition coefficient (Wildman–Crippen LogP) is 5.92. The predicted molar refractivity (Wildman–Crippen MR) is 122 cm³/mol. The average molecular weight is 448 g/mol. The molecule has 3 N–H and O–H groups in total. The molecule has 1 amide bonds. The number of nitrogens with two attached hydrogens (primary N) is 1. The second kappa shape index (κ2) is 7.63. The summed E-state index contributed by atoms with van der Waals surface area (Å²) >= 11 is 8.96. The first-order valence-corrected chi connectivity index (χ1v) is 11.2. The lowest BCUT2D eigenvalue weighted by molar-refractivity contribution is 0.103. The topological polar surface area (TPSA) is 67.5 Å². The number of thiophene rings is 1. The van der Waals surface area contributed by atoms with Crippen LogP contribution in [0.2, 0.25) is 5.02 Å². The van der Waals surface area contributed by atoms with E-state index in [1.807, 2.05) is 32.0 Å². The van der Waals surface area contributed by atoms with Gasteiger partial charge in [-0.1, -0.05) is 23.4 Å². The molecule has 1 aromatic heterocycles. The van der Waals surface area contributed by atoms with Gasteiger partial charge in [-0.2, -0.15) is 0 Å². The monoisotopic (exact) mass is 447 g/mol. The van der Waals surface area contributed by atoms with Crippen molar-refractivity contribution in [2.24, 2.45) is 10.7 Å². The van der Waals surface area contributed by atoms with Crippen molar-refractivity contribution in [1.82, 2.24) is 0 Å². The molecule has 4 nitrogen and oxygen atoms in total. The van der Waals surface area contributed by atoms with E-state index in [4.69, 9.17) is 17.3 Å². The van der Waals surface area contributed by atoms with Gasteiger partial charge in [0, 0.05) is 26.7 Å². The fourth-order valence-electron chi connectivity index (χ4n) is 3.49. The zero-order valence-electron chi connectivity index (χ0n) is 15.9. The number of benzene rings is 2. The summed E-state index contributed by atoms with van der Waals surface area (Å²) in [6.07, 6.45) is 0.670. The highest BCUT2D eigenvalue weighted by Crippen LogP contribution is 2.38. The lowest BCUT2D eigenvalue weighted by atomic mass is 9.89. The first kappa shape index (κ1) is 20.2. The molecule has 0 saturated heterocycles. The van der Waals surface area contributed by atoms with Gasteiger partial charge in [-0.15, -0.1) is 11.3 Å². The molecule has 4 rings (SSSR count). The minimum Gasteiger partial charge on any atom is -0.379 e. The number of nitrogens with one attached hydrogen (secondary N) is 1. The first-order valence-electron chi connectivity index (χ1n) is 9.05. The van der Waals surface area contributed by atoms with E-state index in [-0.39, 0.29) is 11.7 Å². The van der Waals surface area contributed by atoms with Crippen LogP contribution in [0.15, 0.2) is 41.4 Å².